The van der Waals surface area contributed by atoms with Crippen LogP contribution in [0.2, 0.25) is 0 Å². The Bertz CT molecular complexity index is 362. The third-order valence-corrected chi connectivity index (χ3v) is 4.02. The highest BCUT2D eigenvalue weighted by Gasteiger charge is 2.33. The summed E-state index contributed by atoms with van der Waals surface area (Å²) in [7, 11) is 0. The number of hydrogen-bond donors (Lipinski definition) is 2. The van der Waals surface area contributed by atoms with Crippen LogP contribution in [0.3, 0.4) is 0 Å². The Morgan fingerprint density at radius 2 is 2.06 bits per heavy atom. The smallest absolute Gasteiger partial charge is 0.115 e. The van der Waals surface area contributed by atoms with E-state index in [1.54, 1.807) is 12.1 Å². The van der Waals surface area contributed by atoms with E-state index >= 15 is 0 Å². The lowest BCUT2D eigenvalue weighted by atomic mass is 9.94. The predicted molar refractivity (Wildman–Crippen MR) is 67.9 cm³/mol. The van der Waals surface area contributed by atoms with E-state index in [1.807, 2.05) is 12.1 Å². The summed E-state index contributed by atoms with van der Waals surface area (Å²) in [5, 5.41) is 12.9. The van der Waals surface area contributed by atoms with E-state index in [0.29, 0.717) is 11.8 Å². The third kappa shape index (κ3) is 2.45. The van der Waals surface area contributed by atoms with Gasteiger partial charge in [-0.05, 0) is 43.0 Å². The zero-order valence-corrected chi connectivity index (χ0v) is 10.1. The molecule has 0 saturated carbocycles. The number of nitrogens with zero attached hydrogens (tertiary/aromatic N) is 1. The zero-order chi connectivity index (χ0) is 11.7. The number of benzene rings is 1. The number of piperidine rings is 1. The molecular formula is C14H20N2O. The first-order valence-corrected chi connectivity index (χ1v) is 6.55. The first-order valence-electron chi connectivity index (χ1n) is 6.55. The van der Waals surface area contributed by atoms with Crippen LogP contribution < -0.4 is 5.32 Å². The Morgan fingerprint density at radius 3 is 2.82 bits per heavy atom. The van der Waals surface area contributed by atoms with Crippen molar-refractivity contribution in [1.29, 1.82) is 0 Å². The van der Waals surface area contributed by atoms with Crippen LogP contribution >= 0.6 is 0 Å². The van der Waals surface area contributed by atoms with Crippen LogP contribution in [-0.4, -0.2) is 35.7 Å². The molecule has 3 heteroatoms. The molecule has 0 bridgehead atoms. The first kappa shape index (κ1) is 11.1. The van der Waals surface area contributed by atoms with Gasteiger partial charge in [0.15, 0.2) is 0 Å². The van der Waals surface area contributed by atoms with Crippen LogP contribution in [-0.2, 0) is 6.54 Å². The molecule has 2 N–H and O–H groups in total. The molecule has 1 aromatic carbocycles. The number of hydrogen-bond acceptors (Lipinski definition) is 3. The molecule has 2 aliphatic rings. The first-order chi connectivity index (χ1) is 8.31. The molecule has 3 rings (SSSR count). The van der Waals surface area contributed by atoms with Gasteiger partial charge in [-0.25, -0.2) is 0 Å². The number of nitrogens with one attached hydrogen (secondary N) is 1. The average molecular weight is 232 g/mol. The van der Waals surface area contributed by atoms with Gasteiger partial charge in [-0.15, -0.1) is 0 Å². The molecule has 0 aromatic heterocycles. The lowest BCUT2D eigenvalue weighted by Crippen LogP contribution is -2.40. The molecule has 2 heterocycles. The molecule has 0 radical (unpaired) electrons. The van der Waals surface area contributed by atoms with Crippen molar-refractivity contribution in [3.05, 3.63) is 29.8 Å². The van der Waals surface area contributed by atoms with Crippen LogP contribution in [0, 0.1) is 5.92 Å². The van der Waals surface area contributed by atoms with Crippen LogP contribution in [0.25, 0.3) is 0 Å². The number of rotatable bonds is 2. The highest BCUT2D eigenvalue weighted by Crippen LogP contribution is 2.26. The molecule has 0 aliphatic carbocycles. The topological polar surface area (TPSA) is 35.5 Å². The van der Waals surface area contributed by atoms with Gasteiger partial charge in [-0.2, -0.15) is 0 Å². The van der Waals surface area contributed by atoms with Crippen LogP contribution in [0.1, 0.15) is 18.4 Å². The molecule has 92 valence electrons. The highest BCUT2D eigenvalue weighted by molar-refractivity contribution is 5.25. The highest BCUT2D eigenvalue weighted by atomic mass is 16.3. The maximum atomic E-state index is 9.26. The molecule has 2 unspecified atom stereocenters. The summed E-state index contributed by atoms with van der Waals surface area (Å²) in [6.07, 6.45) is 2.71. The summed E-state index contributed by atoms with van der Waals surface area (Å²) in [6.45, 7) is 4.59. The summed E-state index contributed by atoms with van der Waals surface area (Å²) in [5.41, 5.74) is 1.29. The minimum Gasteiger partial charge on any atom is -0.508 e. The molecule has 2 aliphatic heterocycles. The maximum absolute atomic E-state index is 9.26. The van der Waals surface area contributed by atoms with Crippen molar-refractivity contribution < 1.29 is 5.11 Å². The van der Waals surface area contributed by atoms with E-state index in [1.165, 1.54) is 38.0 Å². The van der Waals surface area contributed by atoms with Crippen LogP contribution in [0.5, 0.6) is 5.75 Å². The lowest BCUT2D eigenvalue weighted by molar-refractivity contribution is 0.312. The monoisotopic (exact) mass is 232 g/mol. The Labute approximate surface area is 102 Å². The van der Waals surface area contributed by atoms with Crippen molar-refractivity contribution >= 4 is 0 Å². The second kappa shape index (κ2) is 4.67. The average Bonchev–Trinajstić information content (AvgIpc) is 2.74. The predicted octanol–water partition coefficient (Wildman–Crippen LogP) is 1.58. The van der Waals surface area contributed by atoms with Crippen molar-refractivity contribution in [2.24, 2.45) is 5.92 Å². The van der Waals surface area contributed by atoms with Gasteiger partial charge in [0, 0.05) is 25.7 Å². The molecule has 0 amide bonds. The summed E-state index contributed by atoms with van der Waals surface area (Å²) in [4.78, 5) is 2.53. The van der Waals surface area contributed by atoms with Gasteiger partial charge in [0.1, 0.15) is 5.75 Å². The van der Waals surface area contributed by atoms with Gasteiger partial charge in [0.2, 0.25) is 0 Å². The molecule has 1 aromatic rings. The quantitative estimate of drug-likeness (QED) is 0.812. The second-order valence-electron chi connectivity index (χ2n) is 5.32. The largest absolute Gasteiger partial charge is 0.508 e. The van der Waals surface area contributed by atoms with Gasteiger partial charge < -0.3 is 10.4 Å². The Morgan fingerprint density at radius 1 is 1.24 bits per heavy atom. The standard InChI is InChI=1S/C14H20N2O/c17-13-5-3-11(4-6-13)8-16-9-12-2-1-7-15-14(12)10-16/h3-6,12,14-15,17H,1-2,7-10H2. The molecule has 0 spiro atoms. The van der Waals surface area contributed by atoms with E-state index in [9.17, 15) is 5.11 Å². The lowest BCUT2D eigenvalue weighted by Gasteiger charge is -2.24. The van der Waals surface area contributed by atoms with E-state index in [-0.39, 0.29) is 0 Å². The van der Waals surface area contributed by atoms with Crippen LogP contribution in [0.4, 0.5) is 0 Å². The van der Waals surface area contributed by atoms with E-state index in [0.717, 1.165) is 12.5 Å². The van der Waals surface area contributed by atoms with Crippen molar-refractivity contribution in [1.82, 2.24) is 10.2 Å². The van der Waals surface area contributed by atoms with Gasteiger partial charge in [-0.1, -0.05) is 12.1 Å². The van der Waals surface area contributed by atoms with Crippen LogP contribution in [0.15, 0.2) is 24.3 Å². The SMILES string of the molecule is Oc1ccc(CN2CC3CCCNC3C2)cc1. The van der Waals surface area contributed by atoms with E-state index in [4.69, 9.17) is 0 Å². The second-order valence-corrected chi connectivity index (χ2v) is 5.32. The van der Waals surface area contributed by atoms with Crippen molar-refractivity contribution in [3.8, 4) is 5.75 Å². The molecular weight excluding hydrogens is 212 g/mol. The van der Waals surface area contributed by atoms with Crippen molar-refractivity contribution in [2.45, 2.75) is 25.4 Å². The fourth-order valence-electron chi connectivity index (χ4n) is 3.12. The maximum Gasteiger partial charge on any atom is 0.115 e. The van der Waals surface area contributed by atoms with Crippen molar-refractivity contribution in [2.75, 3.05) is 19.6 Å². The minimum atomic E-state index is 0.352. The van der Waals surface area contributed by atoms with Gasteiger partial charge in [-0.3, -0.25) is 4.90 Å². The summed E-state index contributed by atoms with van der Waals surface area (Å²) in [6, 6.07) is 8.30. The fourth-order valence-corrected chi connectivity index (χ4v) is 3.12. The van der Waals surface area contributed by atoms with Gasteiger partial charge in [0.05, 0.1) is 0 Å². The molecule has 3 nitrogen and oxygen atoms in total. The number of fused-ring (bicyclic) bond motifs is 1. The normalized spacial score (nSPS) is 29.2. The molecule has 2 fully saturated rings. The summed E-state index contributed by atoms with van der Waals surface area (Å²) in [5.74, 6) is 1.20. The third-order valence-electron chi connectivity index (χ3n) is 4.02. The minimum absolute atomic E-state index is 0.352. The van der Waals surface area contributed by atoms with Gasteiger partial charge in [0.25, 0.3) is 0 Å². The fraction of sp³-hybridized carbons (Fsp3) is 0.571. The van der Waals surface area contributed by atoms with E-state index in [2.05, 4.69) is 10.2 Å². The summed E-state index contributed by atoms with van der Waals surface area (Å²) < 4.78 is 0. The molecule has 17 heavy (non-hydrogen) atoms. The molecule has 2 atom stereocenters. The zero-order valence-electron chi connectivity index (χ0n) is 10.1. The number of aromatic hydroxyl groups is 1. The Balaban J connectivity index is 1.61. The molecule has 2 saturated heterocycles. The van der Waals surface area contributed by atoms with Crippen molar-refractivity contribution in [3.63, 3.8) is 0 Å². The number of phenolic OH excluding ortho intramolecular Hbond substituents is 1. The number of likely N-dealkylation sites (tertiary alicyclic amines) is 1. The Kier molecular flexibility index (Phi) is 3.04. The Hall–Kier alpha value is -1.06. The number of phenols is 1. The van der Waals surface area contributed by atoms with Gasteiger partial charge >= 0.3 is 0 Å². The summed E-state index contributed by atoms with van der Waals surface area (Å²) >= 11 is 0. The van der Waals surface area contributed by atoms with E-state index < -0.39 is 0 Å².